The number of nitrogens with one attached hydrogen (secondary N) is 1. The van der Waals surface area contributed by atoms with E-state index in [1.807, 2.05) is 30.3 Å². The van der Waals surface area contributed by atoms with Gasteiger partial charge in [-0.2, -0.15) is 10.2 Å². The summed E-state index contributed by atoms with van der Waals surface area (Å²) in [4.78, 5) is 25.3. The fourth-order valence-electron chi connectivity index (χ4n) is 3.11. The van der Waals surface area contributed by atoms with Gasteiger partial charge in [-0.25, -0.2) is 9.36 Å². The monoisotopic (exact) mass is 367 g/mol. The maximum Gasteiger partial charge on any atom is 0.293 e. The second-order valence-electron chi connectivity index (χ2n) is 6.62. The molecule has 0 spiro atoms. The van der Waals surface area contributed by atoms with E-state index in [-0.39, 0.29) is 18.0 Å². The molecule has 0 bridgehead atoms. The molecule has 1 saturated carbocycles. The minimum Gasteiger partial charge on any atom is -0.383 e. The molecule has 2 aromatic heterocycles. The van der Waals surface area contributed by atoms with Gasteiger partial charge in [-0.05, 0) is 25.0 Å². The standard InChI is InChI=1S/C19H21N5O3/c1-27-10-9-20-16(25)12-23-19(26)18-15(17(22-23)13-7-8-13)11-21-24(18)14-5-3-2-4-6-14/h2-6,11,13H,7-10,12H2,1H3,(H,20,25). The van der Waals surface area contributed by atoms with Crippen molar-refractivity contribution in [1.29, 1.82) is 0 Å². The topological polar surface area (TPSA) is 91.0 Å². The van der Waals surface area contributed by atoms with Crippen LogP contribution in [0.1, 0.15) is 24.5 Å². The average Bonchev–Trinajstić information content (AvgIpc) is 3.42. The van der Waals surface area contributed by atoms with Gasteiger partial charge in [0.05, 0.1) is 24.2 Å². The lowest BCUT2D eigenvalue weighted by molar-refractivity contribution is -0.122. The molecule has 27 heavy (non-hydrogen) atoms. The van der Waals surface area contributed by atoms with Crippen molar-refractivity contribution in [3.63, 3.8) is 0 Å². The van der Waals surface area contributed by atoms with E-state index >= 15 is 0 Å². The molecule has 0 radical (unpaired) electrons. The van der Waals surface area contributed by atoms with E-state index in [1.165, 1.54) is 4.68 Å². The highest BCUT2D eigenvalue weighted by Crippen LogP contribution is 2.41. The van der Waals surface area contributed by atoms with Gasteiger partial charge >= 0.3 is 0 Å². The van der Waals surface area contributed by atoms with Gasteiger partial charge in [-0.3, -0.25) is 9.59 Å². The molecular weight excluding hydrogens is 346 g/mol. The highest BCUT2D eigenvalue weighted by atomic mass is 16.5. The summed E-state index contributed by atoms with van der Waals surface area (Å²) in [5.41, 5.74) is 1.78. The van der Waals surface area contributed by atoms with Crippen LogP contribution in [-0.2, 0) is 16.1 Å². The molecule has 0 saturated heterocycles. The summed E-state index contributed by atoms with van der Waals surface area (Å²) >= 11 is 0. The van der Waals surface area contributed by atoms with Crippen molar-refractivity contribution >= 4 is 16.8 Å². The Morgan fingerprint density at radius 2 is 2.07 bits per heavy atom. The van der Waals surface area contributed by atoms with Crippen LogP contribution in [0.2, 0.25) is 0 Å². The Kier molecular flexibility index (Phi) is 4.72. The SMILES string of the molecule is COCCNC(=O)Cn1nc(C2CC2)c2cnn(-c3ccccc3)c2c1=O. The minimum absolute atomic E-state index is 0.127. The van der Waals surface area contributed by atoms with Gasteiger partial charge in [0.1, 0.15) is 12.1 Å². The van der Waals surface area contributed by atoms with Crippen LogP contribution in [0.25, 0.3) is 16.6 Å². The molecule has 1 fully saturated rings. The molecule has 1 aliphatic carbocycles. The van der Waals surface area contributed by atoms with Crippen LogP contribution >= 0.6 is 0 Å². The number of para-hydroxylation sites is 1. The Balaban J connectivity index is 1.77. The third-order valence-electron chi connectivity index (χ3n) is 4.60. The summed E-state index contributed by atoms with van der Waals surface area (Å²) in [6, 6.07) is 9.49. The first-order valence-corrected chi connectivity index (χ1v) is 8.99. The van der Waals surface area contributed by atoms with Crippen LogP contribution in [0.5, 0.6) is 0 Å². The Hall–Kier alpha value is -3.00. The van der Waals surface area contributed by atoms with Crippen LogP contribution in [0, 0.1) is 0 Å². The summed E-state index contributed by atoms with van der Waals surface area (Å²) in [5.74, 6) is 0.0536. The lowest BCUT2D eigenvalue weighted by Crippen LogP contribution is -2.36. The number of fused-ring (bicyclic) bond motifs is 1. The third kappa shape index (κ3) is 3.48. The lowest BCUT2D eigenvalue weighted by atomic mass is 10.2. The number of rotatable bonds is 7. The minimum atomic E-state index is -0.322. The van der Waals surface area contributed by atoms with Crippen molar-refractivity contribution in [3.8, 4) is 5.69 Å². The number of carbonyl (C=O) groups excluding carboxylic acids is 1. The number of ether oxygens (including phenoxy) is 1. The molecule has 140 valence electrons. The highest BCUT2D eigenvalue weighted by Gasteiger charge is 2.30. The number of carbonyl (C=O) groups is 1. The Morgan fingerprint density at radius 1 is 1.30 bits per heavy atom. The smallest absolute Gasteiger partial charge is 0.293 e. The molecule has 1 amide bonds. The normalized spacial score (nSPS) is 13.8. The molecule has 3 aromatic rings. The highest BCUT2D eigenvalue weighted by molar-refractivity contribution is 5.83. The molecule has 1 aromatic carbocycles. The Bertz CT molecular complexity index is 1020. The summed E-state index contributed by atoms with van der Waals surface area (Å²) in [6.07, 6.45) is 3.78. The number of amides is 1. The van der Waals surface area contributed by atoms with E-state index in [1.54, 1.807) is 18.0 Å². The van der Waals surface area contributed by atoms with Crippen molar-refractivity contribution in [2.45, 2.75) is 25.3 Å². The summed E-state index contributed by atoms with van der Waals surface area (Å²) in [7, 11) is 1.57. The number of methoxy groups -OCH3 is 1. The maximum atomic E-state index is 13.1. The predicted molar refractivity (Wildman–Crippen MR) is 100.0 cm³/mol. The summed E-state index contributed by atoms with van der Waals surface area (Å²) < 4.78 is 7.81. The van der Waals surface area contributed by atoms with Gasteiger partial charge in [0, 0.05) is 25.0 Å². The van der Waals surface area contributed by atoms with E-state index in [2.05, 4.69) is 15.5 Å². The van der Waals surface area contributed by atoms with E-state index < -0.39 is 0 Å². The van der Waals surface area contributed by atoms with Crippen molar-refractivity contribution < 1.29 is 9.53 Å². The van der Waals surface area contributed by atoms with E-state index in [4.69, 9.17) is 4.74 Å². The van der Waals surface area contributed by atoms with Gasteiger partial charge in [0.15, 0.2) is 0 Å². The zero-order valence-electron chi connectivity index (χ0n) is 15.1. The third-order valence-corrected chi connectivity index (χ3v) is 4.60. The van der Waals surface area contributed by atoms with Crippen molar-refractivity contribution in [2.75, 3.05) is 20.3 Å². The van der Waals surface area contributed by atoms with Gasteiger partial charge < -0.3 is 10.1 Å². The lowest BCUT2D eigenvalue weighted by Gasteiger charge is -2.10. The zero-order valence-corrected chi connectivity index (χ0v) is 15.1. The summed E-state index contributed by atoms with van der Waals surface area (Å²) in [6.45, 7) is 0.684. The van der Waals surface area contributed by atoms with E-state index in [0.717, 1.165) is 29.6 Å². The molecule has 1 aliphatic rings. The van der Waals surface area contributed by atoms with Crippen LogP contribution in [-0.4, -0.2) is 45.7 Å². The van der Waals surface area contributed by atoms with Crippen molar-refractivity contribution in [1.82, 2.24) is 24.9 Å². The second kappa shape index (κ2) is 7.32. The number of hydrogen-bond acceptors (Lipinski definition) is 5. The van der Waals surface area contributed by atoms with Gasteiger partial charge in [0.2, 0.25) is 5.91 Å². The Morgan fingerprint density at radius 3 is 2.78 bits per heavy atom. The second-order valence-corrected chi connectivity index (χ2v) is 6.62. The Labute approximate surface area is 155 Å². The molecule has 0 aliphatic heterocycles. The van der Waals surface area contributed by atoms with Crippen molar-refractivity contribution in [3.05, 3.63) is 52.6 Å². The number of hydrogen-bond donors (Lipinski definition) is 1. The first-order valence-electron chi connectivity index (χ1n) is 8.99. The van der Waals surface area contributed by atoms with Gasteiger partial charge in [-0.1, -0.05) is 18.2 Å². The molecule has 8 nitrogen and oxygen atoms in total. The molecule has 2 heterocycles. The zero-order chi connectivity index (χ0) is 18.8. The van der Waals surface area contributed by atoms with Crippen LogP contribution in [0.15, 0.2) is 41.3 Å². The van der Waals surface area contributed by atoms with E-state index in [9.17, 15) is 9.59 Å². The molecule has 0 unspecified atom stereocenters. The first-order chi connectivity index (χ1) is 13.2. The number of benzene rings is 1. The summed E-state index contributed by atoms with van der Waals surface area (Å²) in [5, 5.41) is 12.4. The maximum absolute atomic E-state index is 13.1. The first kappa shape index (κ1) is 17.4. The average molecular weight is 367 g/mol. The van der Waals surface area contributed by atoms with Crippen LogP contribution < -0.4 is 10.9 Å². The molecule has 4 rings (SSSR count). The van der Waals surface area contributed by atoms with Crippen LogP contribution in [0.4, 0.5) is 0 Å². The molecule has 0 atom stereocenters. The quantitative estimate of drug-likeness (QED) is 0.634. The fourth-order valence-corrected chi connectivity index (χ4v) is 3.11. The van der Waals surface area contributed by atoms with Gasteiger partial charge in [0.25, 0.3) is 5.56 Å². The van der Waals surface area contributed by atoms with Gasteiger partial charge in [-0.15, -0.1) is 0 Å². The fraction of sp³-hybridized carbons (Fsp3) is 0.368. The molecule has 8 heteroatoms. The number of aromatic nitrogens is 4. The van der Waals surface area contributed by atoms with E-state index in [0.29, 0.717) is 24.6 Å². The molecular formula is C19H21N5O3. The largest absolute Gasteiger partial charge is 0.383 e. The van der Waals surface area contributed by atoms with Crippen molar-refractivity contribution in [2.24, 2.45) is 0 Å². The predicted octanol–water partition coefficient (Wildman–Crippen LogP) is 1.22. The number of nitrogens with zero attached hydrogens (tertiary/aromatic N) is 4. The van der Waals surface area contributed by atoms with Crippen LogP contribution in [0.3, 0.4) is 0 Å². The molecule has 1 N–H and O–H groups in total.